The topological polar surface area (TPSA) is 172 Å². The van der Waals surface area contributed by atoms with Crippen LogP contribution in [0, 0.1) is 6.92 Å². The number of sulfone groups is 1. The molecule has 43 heavy (non-hydrogen) atoms. The molecule has 1 aliphatic rings. The molecular weight excluding hydrogens is 584 g/mol. The third-order valence-corrected chi connectivity index (χ3v) is 6.20. The minimum atomic E-state index is -3.41. The van der Waals surface area contributed by atoms with Gasteiger partial charge in [0.05, 0.1) is 31.0 Å². The van der Waals surface area contributed by atoms with Gasteiger partial charge in [0, 0.05) is 22.8 Å². The van der Waals surface area contributed by atoms with Crippen LogP contribution in [-0.4, -0.2) is 89.4 Å². The number of carbonyl (C=O) groups excluding carboxylic acids is 4. The summed E-state index contributed by atoms with van der Waals surface area (Å²) in [7, 11) is -2.10. The SMILES string of the molecule is C=C(C)C(=O)OCC1CO1.C=C(C)C(=O)OCCO.C=C(C)C(=O)OCCS(=O)(=O)c1ccc(C)cc1.C=CC(=O)OC. The molecule has 1 aromatic carbocycles. The van der Waals surface area contributed by atoms with Crippen molar-refractivity contribution in [3.05, 3.63) is 78.9 Å². The van der Waals surface area contributed by atoms with E-state index in [2.05, 4.69) is 35.8 Å². The average Bonchev–Trinajstić information content (AvgIpc) is 3.79. The predicted octanol–water partition coefficient (Wildman–Crippen LogP) is 2.84. The third-order valence-electron chi connectivity index (χ3n) is 4.51. The van der Waals surface area contributed by atoms with Gasteiger partial charge in [-0.2, -0.15) is 0 Å². The third kappa shape index (κ3) is 22.2. The fraction of sp³-hybridized carbons (Fsp3) is 0.400. The van der Waals surface area contributed by atoms with Gasteiger partial charge in [-0.05, 0) is 39.8 Å². The fourth-order valence-electron chi connectivity index (χ4n) is 2.03. The number of hydrogen-bond donors (Lipinski definition) is 1. The largest absolute Gasteiger partial charge is 0.466 e. The first-order chi connectivity index (χ1) is 20.0. The van der Waals surface area contributed by atoms with E-state index in [0.717, 1.165) is 11.6 Å². The molecule has 0 bridgehead atoms. The van der Waals surface area contributed by atoms with Crippen LogP contribution in [0.3, 0.4) is 0 Å². The van der Waals surface area contributed by atoms with Crippen molar-refractivity contribution in [2.75, 3.05) is 45.9 Å². The molecule has 1 saturated heterocycles. The van der Waals surface area contributed by atoms with E-state index < -0.39 is 27.7 Å². The van der Waals surface area contributed by atoms with Crippen molar-refractivity contribution in [1.82, 2.24) is 0 Å². The van der Waals surface area contributed by atoms with Crippen molar-refractivity contribution in [1.29, 1.82) is 0 Å². The number of ether oxygens (including phenoxy) is 5. The number of carbonyl (C=O) groups is 4. The second kappa shape index (κ2) is 22.5. The monoisotopic (exact) mass is 626 g/mol. The number of epoxide rings is 1. The molecule has 240 valence electrons. The fourth-order valence-corrected chi connectivity index (χ4v) is 3.12. The summed E-state index contributed by atoms with van der Waals surface area (Å²) in [5.41, 5.74) is 2.02. The van der Waals surface area contributed by atoms with Gasteiger partial charge in [0.25, 0.3) is 0 Å². The molecule has 12 nitrogen and oxygen atoms in total. The number of rotatable bonds is 12. The maximum Gasteiger partial charge on any atom is 0.333 e. The Kier molecular flexibility index (Phi) is 21.5. The number of aliphatic hydroxyl groups excluding tert-OH is 1. The molecule has 1 N–H and O–H groups in total. The van der Waals surface area contributed by atoms with Crippen LogP contribution in [0.2, 0.25) is 0 Å². The quantitative estimate of drug-likeness (QED) is 0.156. The zero-order valence-corrected chi connectivity index (χ0v) is 26.2. The van der Waals surface area contributed by atoms with Gasteiger partial charge in [0.1, 0.15) is 25.9 Å². The van der Waals surface area contributed by atoms with E-state index in [1.807, 2.05) is 6.92 Å². The Hall–Kier alpha value is -4.07. The molecule has 1 unspecified atom stereocenters. The summed E-state index contributed by atoms with van der Waals surface area (Å²) in [6, 6.07) is 6.55. The number of aliphatic hydroxyl groups is 1. The second-order valence-corrected chi connectivity index (χ2v) is 10.9. The summed E-state index contributed by atoms with van der Waals surface area (Å²) >= 11 is 0. The number of esters is 4. The molecule has 0 aliphatic carbocycles. The van der Waals surface area contributed by atoms with Crippen LogP contribution < -0.4 is 0 Å². The van der Waals surface area contributed by atoms with Gasteiger partial charge in [-0.25, -0.2) is 27.6 Å². The Morgan fingerprint density at radius 2 is 1.35 bits per heavy atom. The summed E-state index contributed by atoms with van der Waals surface area (Å²) in [5, 5.41) is 8.19. The lowest BCUT2D eigenvalue weighted by Crippen LogP contribution is -2.15. The van der Waals surface area contributed by atoms with E-state index >= 15 is 0 Å². The summed E-state index contributed by atoms with van der Waals surface area (Å²) in [5.74, 6) is -1.99. The van der Waals surface area contributed by atoms with E-state index in [1.165, 1.54) is 14.0 Å². The van der Waals surface area contributed by atoms with Gasteiger partial charge in [0.2, 0.25) is 0 Å². The van der Waals surface area contributed by atoms with Crippen molar-refractivity contribution in [2.45, 2.75) is 38.7 Å². The van der Waals surface area contributed by atoms with E-state index in [4.69, 9.17) is 19.3 Å². The molecule has 0 spiro atoms. The van der Waals surface area contributed by atoms with E-state index in [-0.39, 0.29) is 48.1 Å². The lowest BCUT2D eigenvalue weighted by molar-refractivity contribution is -0.140. The number of hydrogen-bond acceptors (Lipinski definition) is 12. The first kappa shape index (κ1) is 41.1. The van der Waals surface area contributed by atoms with Crippen molar-refractivity contribution < 1.29 is 56.4 Å². The minimum Gasteiger partial charge on any atom is -0.466 e. The molecule has 0 radical (unpaired) electrons. The molecule has 1 aromatic rings. The minimum absolute atomic E-state index is 0.0473. The van der Waals surface area contributed by atoms with Crippen LogP contribution >= 0.6 is 0 Å². The summed E-state index contributed by atoms with van der Waals surface area (Å²) < 4.78 is 46.7. The van der Waals surface area contributed by atoms with Gasteiger partial charge in [0.15, 0.2) is 9.84 Å². The van der Waals surface area contributed by atoms with Gasteiger partial charge in [-0.15, -0.1) is 0 Å². The summed E-state index contributed by atoms with van der Waals surface area (Å²) in [4.78, 5) is 42.3. The molecule has 1 atom stereocenters. The van der Waals surface area contributed by atoms with Gasteiger partial charge < -0.3 is 28.8 Å². The highest BCUT2D eigenvalue weighted by Crippen LogP contribution is 2.12. The number of aryl methyl sites for hydroxylation is 1. The lowest BCUT2D eigenvalue weighted by atomic mass is 10.2. The maximum absolute atomic E-state index is 11.9. The van der Waals surface area contributed by atoms with Crippen molar-refractivity contribution >= 4 is 33.7 Å². The van der Waals surface area contributed by atoms with E-state index in [0.29, 0.717) is 24.4 Å². The average molecular weight is 627 g/mol. The van der Waals surface area contributed by atoms with Crippen LogP contribution in [0.25, 0.3) is 0 Å². The van der Waals surface area contributed by atoms with Crippen molar-refractivity contribution in [3.8, 4) is 0 Å². The smallest absolute Gasteiger partial charge is 0.333 e. The van der Waals surface area contributed by atoms with Crippen LogP contribution in [0.5, 0.6) is 0 Å². The number of benzene rings is 1. The molecular formula is C30H42O12S. The van der Waals surface area contributed by atoms with Gasteiger partial charge >= 0.3 is 23.9 Å². The van der Waals surface area contributed by atoms with Crippen LogP contribution in [0.15, 0.2) is 78.3 Å². The Morgan fingerprint density at radius 1 is 0.907 bits per heavy atom. The maximum atomic E-state index is 11.9. The zero-order chi connectivity index (χ0) is 33.6. The highest BCUT2D eigenvalue weighted by Gasteiger charge is 2.24. The highest BCUT2D eigenvalue weighted by molar-refractivity contribution is 7.91. The molecule has 2 rings (SSSR count). The van der Waals surface area contributed by atoms with Crippen LogP contribution in [0.1, 0.15) is 26.3 Å². The summed E-state index contributed by atoms with van der Waals surface area (Å²) in [6.45, 7) is 20.7. The van der Waals surface area contributed by atoms with Gasteiger partial charge in [-0.1, -0.05) is 44.0 Å². The lowest BCUT2D eigenvalue weighted by Gasteiger charge is -2.06. The molecule has 13 heteroatoms. The van der Waals surface area contributed by atoms with Crippen LogP contribution in [-0.2, 0) is 52.7 Å². The van der Waals surface area contributed by atoms with E-state index in [9.17, 15) is 27.6 Å². The standard InChI is InChI=1S/C13H16O4S.C7H10O3.C6H10O3.C4H6O2/c1-10(2)13(14)17-8-9-18(15,16)12-6-4-11(3)5-7-12;1-5(2)7(8)10-4-6-3-9-6;1-5(2)6(8)9-4-3-7;1-3-4(5)6-2/h4-7H,1,8-9H2,2-3H3;6H,1,3-4H2,2H3;7H,1,3-4H2,2H3;3H,1H2,2H3. The highest BCUT2D eigenvalue weighted by atomic mass is 32.2. The summed E-state index contributed by atoms with van der Waals surface area (Å²) in [6.07, 6.45) is 1.25. The Morgan fingerprint density at radius 3 is 1.70 bits per heavy atom. The van der Waals surface area contributed by atoms with Crippen LogP contribution in [0.4, 0.5) is 0 Å². The second-order valence-electron chi connectivity index (χ2n) is 8.75. The Labute approximate surface area is 253 Å². The normalized spacial score (nSPS) is 12.5. The Bertz CT molecular complexity index is 1210. The van der Waals surface area contributed by atoms with E-state index in [1.54, 1.807) is 38.1 Å². The van der Waals surface area contributed by atoms with Crippen molar-refractivity contribution in [2.24, 2.45) is 0 Å². The molecule has 0 amide bonds. The zero-order valence-electron chi connectivity index (χ0n) is 25.4. The first-order valence-corrected chi connectivity index (χ1v) is 14.4. The number of methoxy groups -OCH3 is 1. The molecule has 0 aromatic heterocycles. The first-order valence-electron chi connectivity index (χ1n) is 12.7. The van der Waals surface area contributed by atoms with Crippen molar-refractivity contribution in [3.63, 3.8) is 0 Å². The molecule has 0 saturated carbocycles. The molecule has 1 aliphatic heterocycles. The van der Waals surface area contributed by atoms with Gasteiger partial charge in [-0.3, -0.25) is 0 Å². The molecule has 1 fully saturated rings. The molecule has 1 heterocycles. The Balaban J connectivity index is 0. The predicted molar refractivity (Wildman–Crippen MR) is 160 cm³/mol.